The number of carbonyl (C=O) groups is 3. The van der Waals surface area contributed by atoms with E-state index < -0.39 is 29.5 Å². The van der Waals surface area contributed by atoms with Crippen LogP contribution < -0.4 is 10.1 Å². The first kappa shape index (κ1) is 29.6. The third kappa shape index (κ3) is 9.06. The van der Waals surface area contributed by atoms with Crippen molar-refractivity contribution < 1.29 is 33.1 Å². The van der Waals surface area contributed by atoms with Crippen molar-refractivity contribution >= 4 is 34.2 Å². The molecule has 0 aliphatic rings. The van der Waals surface area contributed by atoms with Gasteiger partial charge in [-0.2, -0.15) is 0 Å². The van der Waals surface area contributed by atoms with E-state index in [1.807, 2.05) is 50.4 Å². The second-order valence-electron chi connectivity index (χ2n) is 10.5. The van der Waals surface area contributed by atoms with Gasteiger partial charge < -0.3 is 23.6 Å². The van der Waals surface area contributed by atoms with E-state index in [2.05, 4.69) is 31.1 Å². The van der Waals surface area contributed by atoms with Gasteiger partial charge >= 0.3 is 18.3 Å². The van der Waals surface area contributed by atoms with Gasteiger partial charge in [-0.05, 0) is 63.0 Å². The third-order valence-corrected chi connectivity index (χ3v) is 5.00. The van der Waals surface area contributed by atoms with Gasteiger partial charge in [-0.15, -0.1) is 0 Å². The van der Waals surface area contributed by atoms with Crippen LogP contribution in [0.1, 0.15) is 47.1 Å². The summed E-state index contributed by atoms with van der Waals surface area (Å²) in [5.41, 5.74) is 0.823. The summed E-state index contributed by atoms with van der Waals surface area (Å²) in [6.45, 7) is 10.8. The van der Waals surface area contributed by atoms with Crippen molar-refractivity contribution in [2.45, 2.75) is 59.3 Å². The number of rotatable bonds is 5. The van der Waals surface area contributed by atoms with E-state index >= 15 is 0 Å². The summed E-state index contributed by atoms with van der Waals surface area (Å²) in [4.78, 5) is 46.1. The highest BCUT2D eigenvalue weighted by atomic mass is 79.9. The number of carbonyl (C=O) groups excluding carboxylic acids is 3. The quantitative estimate of drug-likeness (QED) is 0.371. The van der Waals surface area contributed by atoms with Gasteiger partial charge in [-0.3, -0.25) is 0 Å². The van der Waals surface area contributed by atoms with E-state index in [0.717, 1.165) is 11.1 Å². The first-order valence-electron chi connectivity index (χ1n) is 11.8. The first-order valence-corrected chi connectivity index (χ1v) is 12.6. The minimum absolute atomic E-state index is 0.0815. The Labute approximate surface area is 234 Å². The maximum atomic E-state index is 12.2. The highest BCUT2D eigenvalue weighted by Gasteiger charge is 2.23. The lowest BCUT2D eigenvalue weighted by Crippen LogP contribution is -2.38. The normalized spacial score (nSPS) is 11.5. The number of halogens is 1. The molecule has 3 rings (SSSR count). The Balaban J connectivity index is 1.73. The van der Waals surface area contributed by atoms with Gasteiger partial charge in [0.2, 0.25) is 0 Å². The standard InChI is InChI=1S/C26H30BrN5O7/c1-25(2,3)37-23(34)30-22(33)36-21-20(29-19(27)13-28-21)18-12-17(31-39-18)16-10-8-15(9-11-16)14-32(7)24(35)38-26(4,5)6/h8-13H,14H2,1-7H3,(H,30,33,34). The zero-order valence-corrected chi connectivity index (χ0v) is 24.3. The molecule has 2 aromatic heterocycles. The molecule has 3 aromatic rings. The van der Waals surface area contributed by atoms with Gasteiger partial charge in [0, 0.05) is 25.2 Å². The highest BCUT2D eigenvalue weighted by molar-refractivity contribution is 9.10. The minimum atomic E-state index is -1.10. The van der Waals surface area contributed by atoms with Gasteiger partial charge in [-0.1, -0.05) is 29.4 Å². The molecule has 0 aliphatic heterocycles. The number of ether oxygens (including phenoxy) is 3. The molecule has 3 amide bonds. The van der Waals surface area contributed by atoms with E-state index in [1.54, 1.807) is 33.9 Å². The van der Waals surface area contributed by atoms with Gasteiger partial charge in [-0.25, -0.2) is 29.7 Å². The number of benzene rings is 1. The maximum absolute atomic E-state index is 12.2. The minimum Gasteiger partial charge on any atom is -0.444 e. The molecule has 12 nitrogen and oxygen atoms in total. The summed E-state index contributed by atoms with van der Waals surface area (Å²) >= 11 is 3.24. The predicted octanol–water partition coefficient (Wildman–Crippen LogP) is 5.95. The molecule has 0 fully saturated rings. The Bertz CT molecular complexity index is 1340. The molecule has 0 radical (unpaired) electrons. The average Bonchev–Trinajstić information content (AvgIpc) is 3.28. The van der Waals surface area contributed by atoms with Crippen LogP contribution in [0.25, 0.3) is 22.7 Å². The fourth-order valence-electron chi connectivity index (χ4n) is 3.07. The van der Waals surface area contributed by atoms with E-state index in [9.17, 15) is 14.4 Å². The van der Waals surface area contributed by atoms with Crippen LogP contribution in [0.4, 0.5) is 14.4 Å². The molecule has 0 spiro atoms. The lowest BCUT2D eigenvalue weighted by molar-refractivity contribution is 0.0284. The lowest BCUT2D eigenvalue weighted by atomic mass is 10.1. The fraction of sp³-hybridized carbons (Fsp3) is 0.385. The number of hydrogen-bond acceptors (Lipinski definition) is 10. The van der Waals surface area contributed by atoms with Crippen LogP contribution in [-0.4, -0.2) is 56.6 Å². The Kier molecular flexibility index (Phi) is 8.95. The van der Waals surface area contributed by atoms with E-state index in [1.165, 1.54) is 11.1 Å². The van der Waals surface area contributed by atoms with Crippen molar-refractivity contribution in [1.82, 2.24) is 25.3 Å². The Morgan fingerprint density at radius 1 is 1.00 bits per heavy atom. The molecule has 2 heterocycles. The SMILES string of the molecule is CN(Cc1ccc(-c2cc(-c3nc(Br)cnc3OC(=O)NC(=O)OC(C)(C)C)on2)cc1)C(=O)OC(C)(C)C. The molecule has 1 N–H and O–H groups in total. The summed E-state index contributed by atoms with van der Waals surface area (Å²) in [7, 11) is 1.67. The number of hydrogen-bond donors (Lipinski definition) is 1. The number of alkyl carbamates (subject to hydrolysis) is 1. The summed E-state index contributed by atoms with van der Waals surface area (Å²) in [6, 6.07) is 8.99. The van der Waals surface area contributed by atoms with Crippen LogP contribution in [0, 0.1) is 0 Å². The van der Waals surface area contributed by atoms with Crippen LogP contribution in [0.3, 0.4) is 0 Å². The van der Waals surface area contributed by atoms with E-state index in [-0.39, 0.29) is 17.3 Å². The summed E-state index contributed by atoms with van der Waals surface area (Å²) < 4.78 is 21.4. The van der Waals surface area contributed by atoms with E-state index in [0.29, 0.717) is 16.8 Å². The third-order valence-electron chi connectivity index (χ3n) is 4.62. The smallest absolute Gasteiger partial charge is 0.423 e. The van der Waals surface area contributed by atoms with Crippen molar-refractivity contribution in [3.05, 3.63) is 46.7 Å². The number of amides is 3. The van der Waals surface area contributed by atoms with Gasteiger partial charge in [0.25, 0.3) is 5.88 Å². The maximum Gasteiger partial charge on any atom is 0.423 e. The molecule has 0 bridgehead atoms. The van der Waals surface area contributed by atoms with Crippen molar-refractivity contribution in [2.75, 3.05) is 7.05 Å². The largest absolute Gasteiger partial charge is 0.444 e. The number of nitrogens with zero attached hydrogens (tertiary/aromatic N) is 4. The number of aromatic nitrogens is 3. The second kappa shape index (κ2) is 11.8. The summed E-state index contributed by atoms with van der Waals surface area (Å²) in [6.07, 6.45) is -1.17. The molecule has 0 saturated heterocycles. The topological polar surface area (TPSA) is 146 Å². The Hall–Kier alpha value is -4.00. The summed E-state index contributed by atoms with van der Waals surface area (Å²) in [5.74, 6) is -0.0323. The van der Waals surface area contributed by atoms with Gasteiger partial charge in [0.05, 0.1) is 6.20 Å². The molecule has 0 unspecified atom stereocenters. The van der Waals surface area contributed by atoms with Crippen molar-refractivity contribution in [3.8, 4) is 28.6 Å². The Morgan fingerprint density at radius 3 is 2.26 bits per heavy atom. The molecule has 1 aromatic carbocycles. The average molecular weight is 604 g/mol. The first-order chi connectivity index (χ1) is 18.1. The molecule has 0 atom stereocenters. The van der Waals surface area contributed by atoms with Crippen LogP contribution in [0.15, 0.2) is 45.7 Å². The monoisotopic (exact) mass is 603 g/mol. The van der Waals surface area contributed by atoms with E-state index in [4.69, 9.17) is 18.7 Å². The zero-order chi connectivity index (χ0) is 29.0. The predicted molar refractivity (Wildman–Crippen MR) is 144 cm³/mol. The molecule has 0 saturated carbocycles. The fourth-order valence-corrected chi connectivity index (χ4v) is 3.35. The zero-order valence-electron chi connectivity index (χ0n) is 22.7. The summed E-state index contributed by atoms with van der Waals surface area (Å²) in [5, 5.41) is 6.05. The number of nitrogens with one attached hydrogen (secondary N) is 1. The highest BCUT2D eigenvalue weighted by Crippen LogP contribution is 2.31. The molecular weight excluding hydrogens is 574 g/mol. The van der Waals surface area contributed by atoms with Gasteiger partial charge in [0.15, 0.2) is 11.5 Å². The van der Waals surface area contributed by atoms with Crippen molar-refractivity contribution in [3.63, 3.8) is 0 Å². The molecule has 13 heteroatoms. The molecule has 0 aliphatic carbocycles. The van der Waals surface area contributed by atoms with Crippen LogP contribution in [0.2, 0.25) is 0 Å². The van der Waals surface area contributed by atoms with Crippen LogP contribution in [-0.2, 0) is 16.0 Å². The molecule has 208 valence electrons. The van der Waals surface area contributed by atoms with Crippen molar-refractivity contribution in [1.29, 1.82) is 0 Å². The molecule has 39 heavy (non-hydrogen) atoms. The number of imide groups is 1. The second-order valence-corrected chi connectivity index (χ2v) is 11.3. The Morgan fingerprint density at radius 2 is 1.64 bits per heavy atom. The van der Waals surface area contributed by atoms with Crippen LogP contribution in [0.5, 0.6) is 5.88 Å². The van der Waals surface area contributed by atoms with Crippen molar-refractivity contribution in [2.24, 2.45) is 0 Å². The lowest BCUT2D eigenvalue weighted by Gasteiger charge is -2.24. The van der Waals surface area contributed by atoms with Gasteiger partial charge in [0.1, 0.15) is 21.5 Å². The van der Waals surface area contributed by atoms with Crippen LogP contribution >= 0.6 is 15.9 Å². The molecular formula is C26H30BrN5O7.